The van der Waals surface area contributed by atoms with Gasteiger partial charge in [0.1, 0.15) is 11.5 Å². The summed E-state index contributed by atoms with van der Waals surface area (Å²) >= 11 is 0. The highest BCUT2D eigenvalue weighted by Crippen LogP contribution is 2.12. The second-order valence-corrected chi connectivity index (χ2v) is 4.51. The summed E-state index contributed by atoms with van der Waals surface area (Å²) in [5.74, 6) is 0.657. The Morgan fingerprint density at radius 3 is 2.56 bits per heavy atom. The van der Waals surface area contributed by atoms with Gasteiger partial charge in [-0.2, -0.15) is 0 Å². The van der Waals surface area contributed by atoms with Gasteiger partial charge in [0.2, 0.25) is 0 Å². The minimum atomic E-state index is 0.0313. The lowest BCUT2D eigenvalue weighted by Crippen LogP contribution is -2.07. The fraction of sp³-hybridized carbons (Fsp3) is 0.267. The molecule has 3 heteroatoms. The van der Waals surface area contributed by atoms with Crippen LogP contribution in [-0.2, 0) is 6.42 Å². The first-order valence-electron chi connectivity index (χ1n) is 5.95. The molecule has 0 bridgehead atoms. The lowest BCUT2D eigenvalue weighted by atomic mass is 10.0. The number of hydrogen-bond acceptors (Lipinski definition) is 3. The molecule has 18 heavy (non-hydrogen) atoms. The lowest BCUT2D eigenvalue weighted by molar-refractivity contribution is 0.0988. The molecule has 0 aliphatic carbocycles. The van der Waals surface area contributed by atoms with Gasteiger partial charge >= 0.3 is 0 Å². The van der Waals surface area contributed by atoms with Crippen LogP contribution < -0.4 is 0 Å². The standard InChI is InChI=1S/C15H16N2O/c1-10-4-5-13(8-11(10)2)9-15(18)14-6-7-16-12(3)17-14/h4-8H,9H2,1-3H3. The molecule has 0 amide bonds. The van der Waals surface area contributed by atoms with Crippen molar-refractivity contribution < 1.29 is 4.79 Å². The molecular weight excluding hydrogens is 224 g/mol. The smallest absolute Gasteiger partial charge is 0.185 e. The number of carbonyl (C=O) groups is 1. The minimum absolute atomic E-state index is 0.0313. The predicted molar refractivity (Wildman–Crippen MR) is 70.7 cm³/mol. The Labute approximate surface area is 107 Å². The normalized spacial score (nSPS) is 10.4. The molecule has 2 aromatic rings. The number of hydrogen-bond donors (Lipinski definition) is 0. The van der Waals surface area contributed by atoms with E-state index in [9.17, 15) is 4.79 Å². The van der Waals surface area contributed by atoms with E-state index in [1.807, 2.05) is 12.1 Å². The summed E-state index contributed by atoms with van der Waals surface area (Å²) in [5, 5.41) is 0. The molecule has 1 heterocycles. The topological polar surface area (TPSA) is 42.9 Å². The number of benzene rings is 1. The van der Waals surface area contributed by atoms with Crippen molar-refractivity contribution in [2.24, 2.45) is 0 Å². The molecule has 1 aromatic carbocycles. The summed E-state index contributed by atoms with van der Waals surface area (Å²) in [4.78, 5) is 20.2. The lowest BCUT2D eigenvalue weighted by Gasteiger charge is -2.05. The highest BCUT2D eigenvalue weighted by molar-refractivity contribution is 5.95. The van der Waals surface area contributed by atoms with Crippen molar-refractivity contribution in [1.29, 1.82) is 0 Å². The molecule has 0 radical (unpaired) electrons. The van der Waals surface area contributed by atoms with Gasteiger partial charge in [0.05, 0.1) is 0 Å². The van der Waals surface area contributed by atoms with Gasteiger partial charge in [-0.3, -0.25) is 4.79 Å². The highest BCUT2D eigenvalue weighted by atomic mass is 16.1. The third-order valence-electron chi connectivity index (χ3n) is 3.00. The van der Waals surface area contributed by atoms with Crippen LogP contribution in [0.4, 0.5) is 0 Å². The summed E-state index contributed by atoms with van der Waals surface area (Å²) in [6.07, 6.45) is 2.01. The van der Waals surface area contributed by atoms with E-state index in [2.05, 4.69) is 29.9 Å². The van der Waals surface area contributed by atoms with Crippen molar-refractivity contribution in [3.05, 3.63) is 58.7 Å². The second-order valence-electron chi connectivity index (χ2n) is 4.51. The van der Waals surface area contributed by atoms with E-state index in [4.69, 9.17) is 0 Å². The number of aromatic nitrogens is 2. The SMILES string of the molecule is Cc1nccc(C(=O)Cc2ccc(C)c(C)c2)n1. The van der Waals surface area contributed by atoms with Gasteiger partial charge in [-0.25, -0.2) is 9.97 Å². The van der Waals surface area contributed by atoms with Crippen molar-refractivity contribution in [1.82, 2.24) is 9.97 Å². The maximum absolute atomic E-state index is 12.1. The van der Waals surface area contributed by atoms with Crippen LogP contribution in [0.2, 0.25) is 0 Å². The van der Waals surface area contributed by atoms with Gasteiger partial charge in [0.25, 0.3) is 0 Å². The number of aryl methyl sites for hydroxylation is 3. The van der Waals surface area contributed by atoms with Crippen LogP contribution in [0.3, 0.4) is 0 Å². The molecule has 0 fully saturated rings. The van der Waals surface area contributed by atoms with E-state index >= 15 is 0 Å². The van der Waals surface area contributed by atoms with E-state index in [1.54, 1.807) is 19.2 Å². The van der Waals surface area contributed by atoms with Crippen molar-refractivity contribution in [3.8, 4) is 0 Å². The predicted octanol–water partition coefficient (Wildman–Crippen LogP) is 2.83. The van der Waals surface area contributed by atoms with Crippen molar-refractivity contribution in [3.63, 3.8) is 0 Å². The first-order chi connectivity index (χ1) is 8.56. The van der Waals surface area contributed by atoms with Gasteiger partial charge < -0.3 is 0 Å². The molecule has 0 saturated heterocycles. The Hall–Kier alpha value is -2.03. The van der Waals surface area contributed by atoms with Crippen LogP contribution in [0, 0.1) is 20.8 Å². The molecule has 0 saturated carbocycles. The third-order valence-corrected chi connectivity index (χ3v) is 3.00. The fourth-order valence-electron chi connectivity index (χ4n) is 1.80. The number of carbonyl (C=O) groups excluding carboxylic acids is 1. The monoisotopic (exact) mass is 240 g/mol. The van der Waals surface area contributed by atoms with Gasteiger partial charge in [-0.1, -0.05) is 18.2 Å². The maximum Gasteiger partial charge on any atom is 0.185 e. The van der Waals surface area contributed by atoms with Crippen molar-refractivity contribution in [2.45, 2.75) is 27.2 Å². The van der Waals surface area contributed by atoms with E-state index in [0.717, 1.165) is 5.56 Å². The Bertz CT molecular complexity index is 591. The minimum Gasteiger partial charge on any atom is -0.292 e. The van der Waals surface area contributed by atoms with Crippen LogP contribution in [0.5, 0.6) is 0 Å². The first kappa shape index (κ1) is 12.4. The highest BCUT2D eigenvalue weighted by Gasteiger charge is 2.09. The molecule has 2 rings (SSSR count). The number of rotatable bonds is 3. The number of nitrogens with zero attached hydrogens (tertiary/aromatic N) is 2. The van der Waals surface area contributed by atoms with E-state index < -0.39 is 0 Å². The van der Waals surface area contributed by atoms with Crippen LogP contribution in [0.1, 0.15) is 33.0 Å². The molecule has 0 unspecified atom stereocenters. The Kier molecular flexibility index (Phi) is 3.51. The summed E-state index contributed by atoms with van der Waals surface area (Å²) in [6.45, 7) is 5.90. The molecule has 3 nitrogen and oxygen atoms in total. The average Bonchev–Trinajstić information content (AvgIpc) is 2.34. The Morgan fingerprint density at radius 1 is 1.11 bits per heavy atom. The molecule has 0 aliphatic heterocycles. The average molecular weight is 240 g/mol. The molecule has 0 atom stereocenters. The maximum atomic E-state index is 12.1. The summed E-state index contributed by atoms with van der Waals surface area (Å²) < 4.78 is 0. The van der Waals surface area contributed by atoms with Crippen LogP contribution in [0.15, 0.2) is 30.5 Å². The van der Waals surface area contributed by atoms with E-state index in [0.29, 0.717) is 17.9 Å². The van der Waals surface area contributed by atoms with Gasteiger partial charge in [-0.15, -0.1) is 0 Å². The molecule has 1 aromatic heterocycles. The Morgan fingerprint density at radius 2 is 1.89 bits per heavy atom. The molecule has 92 valence electrons. The Balaban J connectivity index is 2.18. The summed E-state index contributed by atoms with van der Waals surface area (Å²) in [5.41, 5.74) is 3.96. The first-order valence-corrected chi connectivity index (χ1v) is 5.95. The zero-order valence-electron chi connectivity index (χ0n) is 10.9. The van der Waals surface area contributed by atoms with E-state index in [-0.39, 0.29) is 5.78 Å². The number of Topliss-reactive ketones (excluding diaryl/α,β-unsaturated/α-hetero) is 1. The fourth-order valence-corrected chi connectivity index (χ4v) is 1.80. The molecule has 0 N–H and O–H groups in total. The molecular formula is C15H16N2O. The zero-order chi connectivity index (χ0) is 13.1. The third kappa shape index (κ3) is 2.80. The molecule has 0 spiro atoms. The van der Waals surface area contributed by atoms with Gasteiger partial charge in [-0.05, 0) is 43.5 Å². The summed E-state index contributed by atoms with van der Waals surface area (Å²) in [7, 11) is 0. The van der Waals surface area contributed by atoms with Gasteiger partial charge in [0.15, 0.2) is 5.78 Å². The van der Waals surface area contributed by atoms with Crippen LogP contribution in [-0.4, -0.2) is 15.8 Å². The zero-order valence-corrected chi connectivity index (χ0v) is 10.9. The van der Waals surface area contributed by atoms with Crippen molar-refractivity contribution >= 4 is 5.78 Å². The largest absolute Gasteiger partial charge is 0.292 e. The second kappa shape index (κ2) is 5.08. The van der Waals surface area contributed by atoms with Crippen molar-refractivity contribution in [2.75, 3.05) is 0 Å². The molecule has 0 aliphatic rings. The van der Waals surface area contributed by atoms with E-state index in [1.165, 1.54) is 11.1 Å². The van der Waals surface area contributed by atoms with Gasteiger partial charge in [0, 0.05) is 12.6 Å². The number of ketones is 1. The van der Waals surface area contributed by atoms with Crippen LogP contribution >= 0.6 is 0 Å². The quantitative estimate of drug-likeness (QED) is 0.775. The summed E-state index contributed by atoms with van der Waals surface area (Å²) in [6, 6.07) is 7.76. The van der Waals surface area contributed by atoms with Crippen LogP contribution in [0.25, 0.3) is 0 Å².